The molecule has 1 fully saturated rings. The van der Waals surface area contributed by atoms with Crippen molar-refractivity contribution < 1.29 is 0 Å². The van der Waals surface area contributed by atoms with Crippen LogP contribution in [0.2, 0.25) is 0 Å². The van der Waals surface area contributed by atoms with Gasteiger partial charge in [-0.2, -0.15) is 0 Å². The maximum absolute atomic E-state index is 4.79. The van der Waals surface area contributed by atoms with Crippen molar-refractivity contribution in [3.05, 3.63) is 10.6 Å². The third-order valence-electron chi connectivity index (χ3n) is 3.75. The van der Waals surface area contributed by atoms with Crippen LogP contribution in [0.15, 0.2) is 0 Å². The SMILES string of the molecule is CCNC(C)c1sc(N2CC(C)CC2C)nc1C. The van der Waals surface area contributed by atoms with Crippen LogP contribution < -0.4 is 10.2 Å². The molecule has 0 amide bonds. The second-order valence-corrected chi connectivity index (χ2v) is 6.58. The molecular formula is C14H25N3S. The second kappa shape index (κ2) is 5.57. The van der Waals surface area contributed by atoms with Gasteiger partial charge in [-0.1, -0.05) is 13.8 Å². The maximum Gasteiger partial charge on any atom is 0.186 e. The highest BCUT2D eigenvalue weighted by Crippen LogP contribution is 2.35. The molecule has 2 rings (SSSR count). The molecule has 1 aromatic rings. The molecule has 2 heterocycles. The number of rotatable bonds is 4. The molecule has 3 unspecified atom stereocenters. The van der Waals surface area contributed by atoms with Crippen LogP contribution in [0.5, 0.6) is 0 Å². The van der Waals surface area contributed by atoms with Gasteiger partial charge < -0.3 is 10.2 Å². The Hall–Kier alpha value is -0.610. The van der Waals surface area contributed by atoms with E-state index < -0.39 is 0 Å². The van der Waals surface area contributed by atoms with E-state index >= 15 is 0 Å². The summed E-state index contributed by atoms with van der Waals surface area (Å²) in [4.78, 5) is 8.65. The molecule has 102 valence electrons. The number of nitrogens with one attached hydrogen (secondary N) is 1. The first-order valence-corrected chi connectivity index (χ1v) is 7.81. The van der Waals surface area contributed by atoms with Crippen molar-refractivity contribution in [3.8, 4) is 0 Å². The molecule has 0 saturated carbocycles. The van der Waals surface area contributed by atoms with Gasteiger partial charge in [-0.3, -0.25) is 0 Å². The number of thiazole rings is 1. The maximum atomic E-state index is 4.79. The van der Waals surface area contributed by atoms with E-state index in [9.17, 15) is 0 Å². The lowest BCUT2D eigenvalue weighted by molar-refractivity contribution is 0.603. The predicted octanol–water partition coefficient (Wildman–Crippen LogP) is 3.36. The zero-order valence-corrected chi connectivity index (χ0v) is 13.0. The molecule has 1 N–H and O–H groups in total. The van der Waals surface area contributed by atoms with Crippen molar-refractivity contribution in [2.45, 2.75) is 53.1 Å². The molecule has 4 heteroatoms. The molecular weight excluding hydrogens is 242 g/mol. The average molecular weight is 267 g/mol. The van der Waals surface area contributed by atoms with E-state index in [1.165, 1.54) is 22.1 Å². The highest BCUT2D eigenvalue weighted by molar-refractivity contribution is 7.15. The molecule has 1 aliphatic heterocycles. The Morgan fingerprint density at radius 3 is 2.78 bits per heavy atom. The third kappa shape index (κ3) is 2.69. The van der Waals surface area contributed by atoms with Crippen LogP contribution in [0.1, 0.15) is 50.7 Å². The van der Waals surface area contributed by atoms with Crippen LogP contribution in [0.25, 0.3) is 0 Å². The quantitative estimate of drug-likeness (QED) is 0.906. The highest BCUT2D eigenvalue weighted by Gasteiger charge is 2.29. The summed E-state index contributed by atoms with van der Waals surface area (Å²) < 4.78 is 0. The van der Waals surface area contributed by atoms with Gasteiger partial charge in [-0.25, -0.2) is 4.98 Å². The fourth-order valence-electron chi connectivity index (χ4n) is 2.88. The normalized spacial score (nSPS) is 25.7. The predicted molar refractivity (Wildman–Crippen MR) is 79.5 cm³/mol. The van der Waals surface area contributed by atoms with E-state index in [1.807, 2.05) is 11.3 Å². The van der Waals surface area contributed by atoms with Gasteiger partial charge in [0.25, 0.3) is 0 Å². The van der Waals surface area contributed by atoms with Crippen molar-refractivity contribution in [2.75, 3.05) is 18.0 Å². The molecule has 1 aromatic heterocycles. The second-order valence-electron chi connectivity index (χ2n) is 5.57. The van der Waals surface area contributed by atoms with Gasteiger partial charge >= 0.3 is 0 Å². The van der Waals surface area contributed by atoms with Crippen molar-refractivity contribution >= 4 is 16.5 Å². The number of hydrogen-bond acceptors (Lipinski definition) is 4. The standard InChI is InChI=1S/C14H25N3S/c1-6-15-11(4)13-12(5)16-14(18-13)17-8-9(2)7-10(17)3/h9-11,15H,6-8H2,1-5H3. The molecule has 0 aliphatic carbocycles. The number of aryl methyl sites for hydroxylation is 1. The molecule has 1 saturated heterocycles. The third-order valence-corrected chi connectivity index (χ3v) is 5.13. The Morgan fingerprint density at radius 2 is 2.22 bits per heavy atom. The van der Waals surface area contributed by atoms with Crippen LogP contribution >= 0.6 is 11.3 Å². The summed E-state index contributed by atoms with van der Waals surface area (Å²) in [5.41, 5.74) is 1.19. The largest absolute Gasteiger partial charge is 0.345 e. The molecule has 18 heavy (non-hydrogen) atoms. The number of aromatic nitrogens is 1. The zero-order chi connectivity index (χ0) is 13.3. The summed E-state index contributed by atoms with van der Waals surface area (Å²) in [7, 11) is 0. The lowest BCUT2D eigenvalue weighted by atomic mass is 10.1. The van der Waals surface area contributed by atoms with Crippen molar-refractivity contribution in [1.29, 1.82) is 0 Å². The number of anilines is 1. The van der Waals surface area contributed by atoms with Crippen LogP contribution in [-0.4, -0.2) is 24.1 Å². The Kier molecular flexibility index (Phi) is 4.28. The highest BCUT2D eigenvalue weighted by atomic mass is 32.1. The van der Waals surface area contributed by atoms with E-state index in [-0.39, 0.29) is 0 Å². The van der Waals surface area contributed by atoms with Gasteiger partial charge in [0, 0.05) is 23.5 Å². The fraction of sp³-hybridized carbons (Fsp3) is 0.786. The minimum atomic E-state index is 0.414. The summed E-state index contributed by atoms with van der Waals surface area (Å²) >= 11 is 1.86. The summed E-state index contributed by atoms with van der Waals surface area (Å²) in [5.74, 6) is 0.791. The van der Waals surface area contributed by atoms with Crippen LogP contribution in [0, 0.1) is 12.8 Å². The molecule has 1 aliphatic rings. The summed E-state index contributed by atoms with van der Waals surface area (Å²) in [6.07, 6.45) is 1.29. The monoisotopic (exact) mass is 267 g/mol. The lowest BCUT2D eigenvalue weighted by Gasteiger charge is -2.20. The smallest absolute Gasteiger partial charge is 0.186 e. The van der Waals surface area contributed by atoms with Crippen LogP contribution in [0.4, 0.5) is 5.13 Å². The average Bonchev–Trinajstić information content (AvgIpc) is 2.82. The zero-order valence-electron chi connectivity index (χ0n) is 12.2. The molecule has 0 bridgehead atoms. The van der Waals surface area contributed by atoms with E-state index in [0.29, 0.717) is 12.1 Å². The molecule has 3 nitrogen and oxygen atoms in total. The van der Waals surface area contributed by atoms with Gasteiger partial charge in [-0.15, -0.1) is 11.3 Å². The Labute approximate surface area is 115 Å². The molecule has 0 radical (unpaired) electrons. The van der Waals surface area contributed by atoms with Gasteiger partial charge in [0.2, 0.25) is 0 Å². The minimum absolute atomic E-state index is 0.414. The molecule has 0 spiro atoms. The fourth-order valence-corrected chi connectivity index (χ4v) is 4.09. The van der Waals surface area contributed by atoms with Crippen LogP contribution in [-0.2, 0) is 0 Å². The van der Waals surface area contributed by atoms with E-state index in [0.717, 1.165) is 19.0 Å². The van der Waals surface area contributed by atoms with E-state index in [1.54, 1.807) is 0 Å². The van der Waals surface area contributed by atoms with E-state index in [2.05, 4.69) is 44.8 Å². The summed E-state index contributed by atoms with van der Waals surface area (Å²) in [6, 6.07) is 1.05. The summed E-state index contributed by atoms with van der Waals surface area (Å²) in [6.45, 7) is 13.3. The summed E-state index contributed by atoms with van der Waals surface area (Å²) in [5, 5.41) is 4.69. The van der Waals surface area contributed by atoms with Gasteiger partial charge in [0.1, 0.15) is 0 Å². The van der Waals surface area contributed by atoms with Gasteiger partial charge in [-0.05, 0) is 39.7 Å². The van der Waals surface area contributed by atoms with Crippen molar-refractivity contribution in [2.24, 2.45) is 5.92 Å². The first kappa shape index (κ1) is 13.8. The van der Waals surface area contributed by atoms with Crippen LogP contribution in [0.3, 0.4) is 0 Å². The van der Waals surface area contributed by atoms with Crippen molar-refractivity contribution in [3.63, 3.8) is 0 Å². The Bertz CT molecular complexity index is 402. The van der Waals surface area contributed by atoms with E-state index in [4.69, 9.17) is 4.98 Å². The minimum Gasteiger partial charge on any atom is -0.345 e. The van der Waals surface area contributed by atoms with Gasteiger partial charge in [0.15, 0.2) is 5.13 Å². The Balaban J connectivity index is 2.18. The lowest BCUT2D eigenvalue weighted by Crippen LogP contribution is -2.26. The number of nitrogens with zero attached hydrogens (tertiary/aromatic N) is 2. The first-order valence-electron chi connectivity index (χ1n) is 7.00. The molecule has 3 atom stereocenters. The van der Waals surface area contributed by atoms with Gasteiger partial charge in [0.05, 0.1) is 5.69 Å². The van der Waals surface area contributed by atoms with Crippen molar-refractivity contribution in [1.82, 2.24) is 10.3 Å². The molecule has 0 aromatic carbocycles. The number of hydrogen-bond donors (Lipinski definition) is 1. The first-order chi connectivity index (χ1) is 8.52. The topological polar surface area (TPSA) is 28.2 Å². The Morgan fingerprint density at radius 1 is 1.50 bits per heavy atom.